The number of halogens is 2. The molecule has 0 N–H and O–H groups in total. The Bertz CT molecular complexity index is 581. The first-order valence-corrected chi connectivity index (χ1v) is 5.26. The molecule has 80 valence electrons. The smallest absolute Gasteiger partial charge is 0.140 e. The summed E-state index contributed by atoms with van der Waals surface area (Å²) in [5.74, 6) is 0.690. The molecule has 0 atom stereocenters. The Morgan fingerprint density at radius 3 is 2.62 bits per heavy atom. The van der Waals surface area contributed by atoms with E-state index in [9.17, 15) is 0 Å². The molecule has 2 aromatic rings. The summed E-state index contributed by atoms with van der Waals surface area (Å²) < 4.78 is 1.71. The molecule has 0 fully saturated rings. The fourth-order valence-corrected chi connectivity index (χ4v) is 1.71. The molecule has 1 aromatic carbocycles. The van der Waals surface area contributed by atoms with E-state index in [1.54, 1.807) is 23.7 Å². The molecule has 1 heterocycles. The van der Waals surface area contributed by atoms with Crippen molar-refractivity contribution < 1.29 is 0 Å². The maximum atomic E-state index is 8.82. The summed E-state index contributed by atoms with van der Waals surface area (Å²) in [6.45, 7) is 0. The van der Waals surface area contributed by atoms with Gasteiger partial charge >= 0.3 is 0 Å². The van der Waals surface area contributed by atoms with Gasteiger partial charge in [0.25, 0.3) is 0 Å². The zero-order valence-electron chi connectivity index (χ0n) is 8.41. The van der Waals surface area contributed by atoms with E-state index in [2.05, 4.69) is 11.1 Å². The molecule has 0 spiro atoms. The monoisotopic (exact) mass is 251 g/mol. The molecule has 0 unspecified atom stereocenters. The average molecular weight is 252 g/mol. The molecule has 0 saturated heterocycles. The molecule has 16 heavy (non-hydrogen) atoms. The van der Waals surface area contributed by atoms with Gasteiger partial charge in [-0.3, -0.25) is 0 Å². The lowest BCUT2D eigenvalue weighted by atomic mass is 10.2. The fourth-order valence-electron chi connectivity index (χ4n) is 1.42. The number of aromatic nitrogens is 2. The Morgan fingerprint density at radius 2 is 2.06 bits per heavy atom. The van der Waals surface area contributed by atoms with E-state index in [-0.39, 0.29) is 0 Å². The quantitative estimate of drug-likeness (QED) is 0.781. The van der Waals surface area contributed by atoms with Crippen LogP contribution in [0.2, 0.25) is 10.0 Å². The van der Waals surface area contributed by atoms with Gasteiger partial charge in [-0.05, 0) is 18.2 Å². The van der Waals surface area contributed by atoms with Crippen molar-refractivity contribution in [1.82, 2.24) is 9.55 Å². The summed E-state index contributed by atoms with van der Waals surface area (Å²) >= 11 is 11.8. The second-order valence-corrected chi connectivity index (χ2v) is 4.08. The van der Waals surface area contributed by atoms with Crippen LogP contribution in [0.15, 0.2) is 24.4 Å². The van der Waals surface area contributed by atoms with E-state index in [4.69, 9.17) is 28.5 Å². The summed E-state index contributed by atoms with van der Waals surface area (Å²) in [4.78, 5) is 4.17. The standard InChI is InChI=1S/C11H7Cl2N3/c1-16-8(5-14)6-15-11(16)7-2-3-9(12)10(13)4-7/h2-4,6H,1H3. The third kappa shape index (κ3) is 1.78. The topological polar surface area (TPSA) is 41.6 Å². The number of nitriles is 1. The molecule has 5 heteroatoms. The van der Waals surface area contributed by atoms with Crippen molar-refractivity contribution >= 4 is 23.2 Å². The van der Waals surface area contributed by atoms with Gasteiger partial charge in [0, 0.05) is 12.6 Å². The van der Waals surface area contributed by atoms with E-state index < -0.39 is 0 Å². The molecule has 0 amide bonds. The third-order valence-electron chi connectivity index (χ3n) is 2.28. The van der Waals surface area contributed by atoms with Gasteiger partial charge in [0.05, 0.1) is 16.2 Å². The summed E-state index contributed by atoms with van der Waals surface area (Å²) in [6, 6.07) is 7.31. The first-order valence-electron chi connectivity index (χ1n) is 4.50. The Morgan fingerprint density at radius 1 is 1.31 bits per heavy atom. The molecule has 2 rings (SSSR count). The number of benzene rings is 1. The normalized spacial score (nSPS) is 10.1. The van der Waals surface area contributed by atoms with Crippen molar-refractivity contribution in [2.75, 3.05) is 0 Å². The van der Waals surface area contributed by atoms with Gasteiger partial charge in [-0.1, -0.05) is 23.2 Å². The van der Waals surface area contributed by atoms with Crippen molar-refractivity contribution in [3.05, 3.63) is 40.1 Å². The molecule has 0 radical (unpaired) electrons. The third-order valence-corrected chi connectivity index (χ3v) is 3.02. The average Bonchev–Trinajstić information content (AvgIpc) is 2.64. The lowest BCUT2D eigenvalue weighted by Gasteiger charge is -2.03. The Hall–Kier alpha value is -1.50. The van der Waals surface area contributed by atoms with Gasteiger partial charge < -0.3 is 4.57 Å². The largest absolute Gasteiger partial charge is 0.319 e. The van der Waals surface area contributed by atoms with Crippen LogP contribution in [0.3, 0.4) is 0 Å². The van der Waals surface area contributed by atoms with E-state index in [0.717, 1.165) is 5.56 Å². The molecule has 0 aliphatic rings. The van der Waals surface area contributed by atoms with Crippen LogP contribution < -0.4 is 0 Å². The van der Waals surface area contributed by atoms with Crippen molar-refractivity contribution in [2.24, 2.45) is 7.05 Å². The van der Waals surface area contributed by atoms with Crippen LogP contribution in [-0.2, 0) is 7.05 Å². The predicted molar refractivity (Wildman–Crippen MR) is 63.4 cm³/mol. The van der Waals surface area contributed by atoms with Crippen molar-refractivity contribution in [3.63, 3.8) is 0 Å². The van der Waals surface area contributed by atoms with Crippen LogP contribution in [0.5, 0.6) is 0 Å². The first-order chi connectivity index (χ1) is 7.63. The number of imidazole rings is 1. The number of hydrogen-bond donors (Lipinski definition) is 0. The van der Waals surface area contributed by atoms with Crippen LogP contribution in [0.25, 0.3) is 11.4 Å². The van der Waals surface area contributed by atoms with Crippen LogP contribution in [0.4, 0.5) is 0 Å². The second-order valence-electron chi connectivity index (χ2n) is 3.27. The van der Waals surface area contributed by atoms with Crippen molar-refractivity contribution in [1.29, 1.82) is 5.26 Å². The summed E-state index contributed by atoms with van der Waals surface area (Å²) in [6.07, 6.45) is 1.53. The molecule has 0 aliphatic carbocycles. The van der Waals surface area contributed by atoms with E-state index in [1.165, 1.54) is 6.20 Å². The van der Waals surface area contributed by atoms with Crippen molar-refractivity contribution in [2.45, 2.75) is 0 Å². The molecular weight excluding hydrogens is 245 g/mol. The first kappa shape index (κ1) is 11.0. The van der Waals surface area contributed by atoms with Gasteiger partial charge in [0.2, 0.25) is 0 Å². The van der Waals surface area contributed by atoms with Crippen LogP contribution in [-0.4, -0.2) is 9.55 Å². The zero-order chi connectivity index (χ0) is 11.7. The van der Waals surface area contributed by atoms with E-state index in [0.29, 0.717) is 21.6 Å². The highest BCUT2D eigenvalue weighted by molar-refractivity contribution is 6.42. The van der Waals surface area contributed by atoms with Crippen LogP contribution >= 0.6 is 23.2 Å². The molecule has 0 saturated carbocycles. The molecule has 0 bridgehead atoms. The second kappa shape index (κ2) is 4.17. The van der Waals surface area contributed by atoms with Crippen LogP contribution in [0, 0.1) is 11.3 Å². The summed E-state index contributed by atoms with van der Waals surface area (Å²) in [7, 11) is 1.78. The number of rotatable bonds is 1. The zero-order valence-corrected chi connectivity index (χ0v) is 9.92. The minimum atomic E-state index is 0.473. The predicted octanol–water partition coefficient (Wildman–Crippen LogP) is 3.27. The Balaban J connectivity index is 2.55. The number of hydrogen-bond acceptors (Lipinski definition) is 2. The van der Waals surface area contributed by atoms with Crippen LogP contribution in [0.1, 0.15) is 5.69 Å². The van der Waals surface area contributed by atoms with Gasteiger partial charge in [0.15, 0.2) is 0 Å². The molecule has 3 nitrogen and oxygen atoms in total. The number of nitrogens with zero attached hydrogens (tertiary/aromatic N) is 3. The van der Waals surface area contributed by atoms with E-state index in [1.807, 2.05) is 6.07 Å². The lowest BCUT2D eigenvalue weighted by Crippen LogP contribution is -1.95. The maximum absolute atomic E-state index is 8.82. The minimum Gasteiger partial charge on any atom is -0.319 e. The van der Waals surface area contributed by atoms with Crippen molar-refractivity contribution in [3.8, 4) is 17.5 Å². The van der Waals surface area contributed by atoms with Gasteiger partial charge in [0.1, 0.15) is 17.6 Å². The van der Waals surface area contributed by atoms with Gasteiger partial charge in [-0.15, -0.1) is 0 Å². The maximum Gasteiger partial charge on any atom is 0.140 e. The Kier molecular flexibility index (Phi) is 2.86. The highest BCUT2D eigenvalue weighted by Gasteiger charge is 2.09. The fraction of sp³-hybridized carbons (Fsp3) is 0.0909. The van der Waals surface area contributed by atoms with Gasteiger partial charge in [-0.25, -0.2) is 4.98 Å². The SMILES string of the molecule is Cn1c(C#N)cnc1-c1ccc(Cl)c(Cl)c1. The molecular formula is C11H7Cl2N3. The highest BCUT2D eigenvalue weighted by Crippen LogP contribution is 2.27. The summed E-state index contributed by atoms with van der Waals surface area (Å²) in [5, 5.41) is 9.79. The Labute approximate surface area is 103 Å². The molecule has 1 aromatic heterocycles. The summed E-state index contributed by atoms with van der Waals surface area (Å²) in [5.41, 5.74) is 1.33. The minimum absolute atomic E-state index is 0.473. The van der Waals surface area contributed by atoms with E-state index >= 15 is 0 Å². The highest BCUT2D eigenvalue weighted by atomic mass is 35.5. The van der Waals surface area contributed by atoms with Gasteiger partial charge in [-0.2, -0.15) is 5.26 Å². The lowest BCUT2D eigenvalue weighted by molar-refractivity contribution is 0.907. The molecule has 0 aliphatic heterocycles.